The van der Waals surface area contributed by atoms with Crippen molar-refractivity contribution in [2.75, 3.05) is 0 Å². The van der Waals surface area contributed by atoms with Gasteiger partial charge in [-0.1, -0.05) is 6.58 Å². The lowest BCUT2D eigenvalue weighted by molar-refractivity contribution is 0.107. The van der Waals surface area contributed by atoms with E-state index in [-0.39, 0.29) is 12.8 Å². The predicted octanol–water partition coefficient (Wildman–Crippen LogP) is 0.886. The number of aliphatic hydroxyl groups is 1. The highest BCUT2D eigenvalue weighted by Crippen LogP contribution is 2.13. The van der Waals surface area contributed by atoms with Gasteiger partial charge in [0.1, 0.15) is 0 Å². The van der Waals surface area contributed by atoms with Gasteiger partial charge in [0.25, 0.3) is 0 Å². The van der Waals surface area contributed by atoms with Crippen LogP contribution in [0.4, 0.5) is 0 Å². The first-order valence-corrected chi connectivity index (χ1v) is 3.03. The third-order valence-corrected chi connectivity index (χ3v) is 1.16. The van der Waals surface area contributed by atoms with Gasteiger partial charge >= 0.3 is 0 Å². The van der Waals surface area contributed by atoms with E-state index in [1.165, 1.54) is 6.08 Å². The quantitative estimate of drug-likeness (QED) is 0.477. The molecule has 0 heterocycles. The summed E-state index contributed by atoms with van der Waals surface area (Å²) in [6.45, 7) is 3.27. The van der Waals surface area contributed by atoms with Gasteiger partial charge in [0, 0.05) is 6.42 Å². The van der Waals surface area contributed by atoms with Gasteiger partial charge in [-0.05, 0) is 6.08 Å². The van der Waals surface area contributed by atoms with Gasteiger partial charge in [0.05, 0.1) is 18.6 Å². The molecule has 0 saturated carbocycles. The molecule has 3 nitrogen and oxygen atoms in total. The Balaban J connectivity index is 4.26. The van der Waals surface area contributed by atoms with E-state index < -0.39 is 5.60 Å². The van der Waals surface area contributed by atoms with Crippen LogP contribution in [0.25, 0.3) is 0 Å². The molecule has 0 rings (SSSR count). The van der Waals surface area contributed by atoms with Crippen LogP contribution in [-0.2, 0) is 0 Å². The molecule has 0 aliphatic carbocycles. The number of nitrogens with zero attached hydrogens (tertiary/aromatic N) is 2. The predicted molar refractivity (Wildman–Crippen MR) is 39.1 cm³/mol. The third kappa shape index (κ3) is 3.23. The molecule has 11 heavy (non-hydrogen) atoms. The van der Waals surface area contributed by atoms with Crippen LogP contribution in [0.3, 0.4) is 0 Å². The molecule has 0 aromatic heterocycles. The van der Waals surface area contributed by atoms with Crippen LogP contribution in [0.1, 0.15) is 12.8 Å². The third-order valence-electron chi connectivity index (χ3n) is 1.16. The van der Waals surface area contributed by atoms with Crippen LogP contribution in [0.5, 0.6) is 0 Å². The number of hydrogen-bond donors (Lipinski definition) is 1. The Hall–Kier alpha value is -1.54. The van der Waals surface area contributed by atoms with Gasteiger partial charge in [0.15, 0.2) is 5.60 Å². The molecule has 0 amide bonds. The van der Waals surface area contributed by atoms with Crippen LogP contribution in [0, 0.1) is 22.7 Å². The Morgan fingerprint density at radius 1 is 1.55 bits per heavy atom. The minimum Gasteiger partial charge on any atom is -0.374 e. The molecular formula is C8H8N2O. The highest BCUT2D eigenvalue weighted by molar-refractivity contribution is 5.08. The van der Waals surface area contributed by atoms with E-state index in [0.29, 0.717) is 0 Å². The molecule has 0 bridgehead atoms. The first kappa shape index (κ1) is 9.46. The number of nitriles is 2. The molecule has 0 aromatic carbocycles. The second-order valence-electron chi connectivity index (χ2n) is 2.09. The zero-order chi connectivity index (χ0) is 8.74. The molecule has 0 fully saturated rings. The van der Waals surface area contributed by atoms with E-state index in [1.807, 2.05) is 0 Å². The van der Waals surface area contributed by atoms with Crippen molar-refractivity contribution in [3.05, 3.63) is 18.4 Å². The summed E-state index contributed by atoms with van der Waals surface area (Å²) in [6.07, 6.45) is 1.34. The van der Waals surface area contributed by atoms with Gasteiger partial charge in [-0.15, -0.1) is 5.73 Å². The molecule has 0 aromatic rings. The average molecular weight is 148 g/mol. The maximum Gasteiger partial charge on any atom is 0.167 e. The SMILES string of the molecule is C=C=CCC(O)(C#N)CC#N. The largest absolute Gasteiger partial charge is 0.374 e. The summed E-state index contributed by atoms with van der Waals surface area (Å²) in [4.78, 5) is 0. The summed E-state index contributed by atoms with van der Waals surface area (Å²) < 4.78 is 0. The molecule has 0 spiro atoms. The summed E-state index contributed by atoms with van der Waals surface area (Å²) >= 11 is 0. The van der Waals surface area contributed by atoms with Crippen molar-refractivity contribution in [1.82, 2.24) is 0 Å². The van der Waals surface area contributed by atoms with E-state index in [1.54, 1.807) is 12.1 Å². The van der Waals surface area contributed by atoms with Crippen molar-refractivity contribution in [3.8, 4) is 12.1 Å². The Bertz CT molecular complexity index is 252. The summed E-state index contributed by atoms with van der Waals surface area (Å²) in [5.74, 6) is 0. The van der Waals surface area contributed by atoms with Crippen molar-refractivity contribution < 1.29 is 5.11 Å². The van der Waals surface area contributed by atoms with Crippen molar-refractivity contribution in [3.63, 3.8) is 0 Å². The smallest absolute Gasteiger partial charge is 0.167 e. The normalized spacial score (nSPS) is 13.4. The maximum absolute atomic E-state index is 9.27. The van der Waals surface area contributed by atoms with Crippen LogP contribution >= 0.6 is 0 Å². The van der Waals surface area contributed by atoms with Gasteiger partial charge in [0.2, 0.25) is 0 Å². The van der Waals surface area contributed by atoms with E-state index in [0.717, 1.165) is 0 Å². The van der Waals surface area contributed by atoms with Crippen molar-refractivity contribution in [2.24, 2.45) is 0 Å². The van der Waals surface area contributed by atoms with Crippen molar-refractivity contribution >= 4 is 0 Å². The molecule has 0 aliphatic rings. The average Bonchev–Trinajstić information content (AvgIpc) is 2.02. The fourth-order valence-corrected chi connectivity index (χ4v) is 0.529. The Labute approximate surface area is 65.5 Å². The van der Waals surface area contributed by atoms with Gasteiger partial charge in [-0.25, -0.2) is 0 Å². The van der Waals surface area contributed by atoms with Gasteiger partial charge in [-0.3, -0.25) is 0 Å². The fourth-order valence-electron chi connectivity index (χ4n) is 0.529. The van der Waals surface area contributed by atoms with E-state index in [2.05, 4.69) is 12.3 Å². The number of hydrogen-bond acceptors (Lipinski definition) is 3. The van der Waals surface area contributed by atoms with Gasteiger partial charge < -0.3 is 5.11 Å². The van der Waals surface area contributed by atoms with Crippen LogP contribution in [0.15, 0.2) is 18.4 Å². The second kappa shape index (κ2) is 4.30. The van der Waals surface area contributed by atoms with E-state index in [4.69, 9.17) is 10.5 Å². The number of rotatable bonds is 3. The zero-order valence-corrected chi connectivity index (χ0v) is 6.04. The van der Waals surface area contributed by atoms with Crippen LogP contribution < -0.4 is 0 Å². The Kier molecular flexibility index (Phi) is 3.70. The molecule has 1 unspecified atom stereocenters. The summed E-state index contributed by atoms with van der Waals surface area (Å²) in [6, 6.07) is 3.38. The topological polar surface area (TPSA) is 67.8 Å². The minimum atomic E-state index is -1.57. The maximum atomic E-state index is 9.27. The molecule has 0 aliphatic heterocycles. The lowest BCUT2D eigenvalue weighted by atomic mass is 9.98. The van der Waals surface area contributed by atoms with Crippen molar-refractivity contribution in [2.45, 2.75) is 18.4 Å². The summed E-state index contributed by atoms with van der Waals surface area (Å²) in [5, 5.41) is 25.9. The molecule has 1 N–H and O–H groups in total. The first-order chi connectivity index (χ1) is 5.18. The fraction of sp³-hybridized carbons (Fsp3) is 0.375. The molecular weight excluding hydrogens is 140 g/mol. The lowest BCUT2D eigenvalue weighted by Crippen LogP contribution is -2.24. The van der Waals surface area contributed by atoms with Crippen LogP contribution in [0.2, 0.25) is 0 Å². The van der Waals surface area contributed by atoms with E-state index in [9.17, 15) is 5.11 Å². The highest BCUT2D eigenvalue weighted by atomic mass is 16.3. The second-order valence-corrected chi connectivity index (χ2v) is 2.09. The Morgan fingerprint density at radius 2 is 2.18 bits per heavy atom. The molecule has 3 heteroatoms. The molecule has 1 atom stereocenters. The minimum absolute atomic E-state index is 0.0978. The summed E-state index contributed by atoms with van der Waals surface area (Å²) in [5.41, 5.74) is 0.851. The lowest BCUT2D eigenvalue weighted by Gasteiger charge is -2.12. The molecule has 0 saturated heterocycles. The molecule has 56 valence electrons. The van der Waals surface area contributed by atoms with Gasteiger partial charge in [-0.2, -0.15) is 10.5 Å². The highest BCUT2D eigenvalue weighted by Gasteiger charge is 2.24. The standard InChI is InChI=1S/C8H8N2O/c1-2-3-4-8(11,7-10)5-6-9/h3,11H,1,4-5H2. The first-order valence-electron chi connectivity index (χ1n) is 3.03. The van der Waals surface area contributed by atoms with Crippen molar-refractivity contribution in [1.29, 1.82) is 10.5 Å². The Morgan fingerprint density at radius 3 is 2.55 bits per heavy atom. The monoisotopic (exact) mass is 148 g/mol. The zero-order valence-electron chi connectivity index (χ0n) is 6.04. The molecule has 0 radical (unpaired) electrons. The van der Waals surface area contributed by atoms with E-state index >= 15 is 0 Å². The van der Waals surface area contributed by atoms with Crippen LogP contribution in [-0.4, -0.2) is 10.7 Å². The summed E-state index contributed by atoms with van der Waals surface area (Å²) in [7, 11) is 0.